The molecule has 0 aliphatic heterocycles. The molecule has 0 nitrogen and oxygen atoms in total. The summed E-state index contributed by atoms with van der Waals surface area (Å²) in [5.74, 6) is -0.514. The molecule has 47 valence electrons. The lowest BCUT2D eigenvalue weighted by Crippen LogP contribution is -1.74. The number of rotatable bonds is 0. The van der Waals surface area contributed by atoms with Crippen LogP contribution < -0.4 is 0 Å². The van der Waals surface area contributed by atoms with Crippen molar-refractivity contribution in [1.29, 1.82) is 0 Å². The largest absolute Gasteiger partial charge is 0.205 e. The summed E-state index contributed by atoms with van der Waals surface area (Å²) >= 11 is 10.7. The van der Waals surface area contributed by atoms with E-state index in [4.69, 9.17) is 23.2 Å². The van der Waals surface area contributed by atoms with Crippen molar-refractivity contribution in [3.05, 3.63) is 34.1 Å². The van der Waals surface area contributed by atoms with Gasteiger partial charge < -0.3 is 0 Å². The van der Waals surface area contributed by atoms with Gasteiger partial charge in [-0.15, -0.1) is 0 Å². The molecule has 0 saturated heterocycles. The first-order valence-corrected chi connectivity index (χ1v) is 2.98. The van der Waals surface area contributed by atoms with Crippen molar-refractivity contribution < 1.29 is 4.39 Å². The van der Waals surface area contributed by atoms with Crippen LogP contribution in [0.15, 0.2) is 12.1 Å². The summed E-state index contributed by atoms with van der Waals surface area (Å²) < 4.78 is 12.3. The van der Waals surface area contributed by atoms with E-state index in [-0.39, 0.29) is 10.0 Å². The summed E-state index contributed by atoms with van der Waals surface area (Å²) in [5, 5.41) is 0.274. The molecule has 1 aromatic carbocycles. The molecule has 0 aliphatic rings. The first kappa shape index (κ1) is 6.84. The lowest BCUT2D eigenvalue weighted by atomic mass is 10.3. The van der Waals surface area contributed by atoms with Gasteiger partial charge in [0.25, 0.3) is 0 Å². The molecule has 1 radical (unpaired) electrons. The van der Waals surface area contributed by atoms with Crippen LogP contribution in [0.1, 0.15) is 0 Å². The van der Waals surface area contributed by atoms with Gasteiger partial charge in [0.1, 0.15) is 5.82 Å². The molecule has 0 saturated carbocycles. The Balaban J connectivity index is 3.17. The van der Waals surface area contributed by atoms with E-state index in [1.807, 2.05) is 0 Å². The van der Waals surface area contributed by atoms with Crippen LogP contribution in [0.4, 0.5) is 4.39 Å². The SMILES string of the molecule is Fc1cc(Cl)[c]cc1Cl. The number of hydrogen-bond acceptors (Lipinski definition) is 0. The van der Waals surface area contributed by atoms with Gasteiger partial charge in [0.05, 0.1) is 10.0 Å². The number of benzene rings is 1. The van der Waals surface area contributed by atoms with Crippen molar-refractivity contribution in [2.24, 2.45) is 0 Å². The monoisotopic (exact) mass is 163 g/mol. The summed E-state index contributed by atoms with van der Waals surface area (Å²) in [7, 11) is 0. The van der Waals surface area contributed by atoms with Crippen LogP contribution in [0.5, 0.6) is 0 Å². The molecule has 0 fully saturated rings. The highest BCUT2D eigenvalue weighted by atomic mass is 35.5. The minimum absolute atomic E-state index is 0.0411. The minimum atomic E-state index is -0.514. The fraction of sp³-hybridized carbons (Fsp3) is 0. The highest BCUT2D eigenvalue weighted by Gasteiger charge is 1.97. The van der Waals surface area contributed by atoms with Gasteiger partial charge in [0, 0.05) is 6.07 Å². The second-order valence-corrected chi connectivity index (χ2v) is 2.29. The third-order valence-corrected chi connectivity index (χ3v) is 1.33. The van der Waals surface area contributed by atoms with E-state index in [0.717, 1.165) is 6.07 Å². The smallest absolute Gasteiger partial charge is 0.143 e. The van der Waals surface area contributed by atoms with Crippen molar-refractivity contribution in [1.82, 2.24) is 0 Å². The van der Waals surface area contributed by atoms with Gasteiger partial charge in [-0.25, -0.2) is 4.39 Å². The molecular formula is C6H2Cl2F. The lowest BCUT2D eigenvalue weighted by molar-refractivity contribution is 0.628. The molecular weight excluding hydrogens is 162 g/mol. The molecule has 0 atom stereocenters. The van der Waals surface area contributed by atoms with Crippen LogP contribution >= 0.6 is 23.2 Å². The van der Waals surface area contributed by atoms with Gasteiger partial charge in [0.2, 0.25) is 0 Å². The minimum Gasteiger partial charge on any atom is -0.205 e. The van der Waals surface area contributed by atoms with Crippen molar-refractivity contribution >= 4 is 23.2 Å². The Morgan fingerprint density at radius 1 is 1.44 bits per heavy atom. The molecule has 0 N–H and O–H groups in total. The molecule has 0 aliphatic carbocycles. The Morgan fingerprint density at radius 3 is 2.56 bits per heavy atom. The highest BCUT2D eigenvalue weighted by molar-refractivity contribution is 6.32. The van der Waals surface area contributed by atoms with E-state index in [2.05, 4.69) is 6.07 Å². The predicted molar refractivity (Wildman–Crippen MR) is 35.3 cm³/mol. The van der Waals surface area contributed by atoms with Gasteiger partial charge in [-0.2, -0.15) is 0 Å². The Morgan fingerprint density at radius 2 is 2.11 bits per heavy atom. The maximum atomic E-state index is 12.3. The van der Waals surface area contributed by atoms with Crippen LogP contribution in [-0.4, -0.2) is 0 Å². The Bertz CT molecular complexity index is 222. The fourth-order valence-corrected chi connectivity index (χ4v) is 0.683. The first-order valence-electron chi connectivity index (χ1n) is 2.22. The number of halogens is 3. The normalized spacial score (nSPS) is 9.67. The molecule has 1 aromatic rings. The van der Waals surface area contributed by atoms with E-state index >= 15 is 0 Å². The standard InChI is InChI=1S/C6H2Cl2F/c7-4-1-2-5(8)6(9)3-4/h2-3H. The summed E-state index contributed by atoms with van der Waals surface area (Å²) in [4.78, 5) is 0. The topological polar surface area (TPSA) is 0 Å². The maximum Gasteiger partial charge on any atom is 0.143 e. The van der Waals surface area contributed by atoms with Crippen molar-refractivity contribution in [2.75, 3.05) is 0 Å². The van der Waals surface area contributed by atoms with Gasteiger partial charge in [-0.3, -0.25) is 0 Å². The van der Waals surface area contributed by atoms with Gasteiger partial charge in [0.15, 0.2) is 0 Å². The van der Waals surface area contributed by atoms with Crippen LogP contribution in [0, 0.1) is 11.9 Å². The maximum absolute atomic E-state index is 12.3. The first-order chi connectivity index (χ1) is 4.20. The van der Waals surface area contributed by atoms with Gasteiger partial charge >= 0.3 is 0 Å². The van der Waals surface area contributed by atoms with E-state index in [1.54, 1.807) is 0 Å². The lowest BCUT2D eigenvalue weighted by Gasteiger charge is -1.90. The van der Waals surface area contributed by atoms with Crippen LogP contribution in [-0.2, 0) is 0 Å². The zero-order valence-electron chi connectivity index (χ0n) is 4.29. The Kier molecular flexibility index (Phi) is 1.94. The third-order valence-electron chi connectivity index (χ3n) is 0.818. The quantitative estimate of drug-likeness (QED) is 0.517. The Labute approximate surface area is 62.2 Å². The molecule has 0 heterocycles. The second-order valence-electron chi connectivity index (χ2n) is 1.48. The van der Waals surface area contributed by atoms with E-state index < -0.39 is 5.82 Å². The summed E-state index contributed by atoms with van der Waals surface area (Å²) in [6.45, 7) is 0. The summed E-state index contributed by atoms with van der Waals surface area (Å²) in [6.07, 6.45) is 0. The molecule has 0 amide bonds. The second kappa shape index (κ2) is 2.54. The molecule has 3 heteroatoms. The summed E-state index contributed by atoms with van der Waals surface area (Å²) in [5.41, 5.74) is 0. The molecule has 9 heavy (non-hydrogen) atoms. The predicted octanol–water partition coefficient (Wildman–Crippen LogP) is 2.93. The average molecular weight is 164 g/mol. The van der Waals surface area contributed by atoms with E-state index in [0.29, 0.717) is 0 Å². The third kappa shape index (κ3) is 1.57. The van der Waals surface area contributed by atoms with E-state index in [9.17, 15) is 4.39 Å². The van der Waals surface area contributed by atoms with E-state index in [1.165, 1.54) is 6.07 Å². The zero-order valence-corrected chi connectivity index (χ0v) is 5.80. The van der Waals surface area contributed by atoms with Crippen molar-refractivity contribution in [3.63, 3.8) is 0 Å². The van der Waals surface area contributed by atoms with Crippen molar-refractivity contribution in [2.45, 2.75) is 0 Å². The molecule has 0 unspecified atom stereocenters. The average Bonchev–Trinajstić information content (AvgIpc) is 1.80. The molecule has 0 aromatic heterocycles. The molecule has 0 bridgehead atoms. The number of hydrogen-bond donors (Lipinski definition) is 0. The van der Waals surface area contributed by atoms with Crippen LogP contribution in [0.2, 0.25) is 10.0 Å². The van der Waals surface area contributed by atoms with Crippen LogP contribution in [0.3, 0.4) is 0 Å². The fourth-order valence-electron chi connectivity index (χ4n) is 0.423. The molecule has 1 rings (SSSR count). The Hall–Kier alpha value is -0.270. The molecule has 0 spiro atoms. The highest BCUT2D eigenvalue weighted by Crippen LogP contribution is 2.17. The van der Waals surface area contributed by atoms with Crippen molar-refractivity contribution in [3.8, 4) is 0 Å². The van der Waals surface area contributed by atoms with Crippen LogP contribution in [0.25, 0.3) is 0 Å². The van der Waals surface area contributed by atoms with Gasteiger partial charge in [-0.1, -0.05) is 23.2 Å². The van der Waals surface area contributed by atoms with Gasteiger partial charge in [-0.05, 0) is 12.1 Å². The summed E-state index contributed by atoms with van der Waals surface area (Å²) in [6, 6.07) is 4.94. The zero-order chi connectivity index (χ0) is 6.85.